The van der Waals surface area contributed by atoms with Crippen LogP contribution >= 0.6 is 0 Å². The fourth-order valence-electron chi connectivity index (χ4n) is 1.69. The van der Waals surface area contributed by atoms with Crippen LogP contribution in [0, 0.1) is 19.3 Å². The Hall–Kier alpha value is -2.10. The number of nitrogen functional groups attached to an aromatic ring is 1. The lowest BCUT2D eigenvalue weighted by Gasteiger charge is -2.05. The number of hydrogen-bond acceptors (Lipinski definition) is 2. The Morgan fingerprint density at radius 3 is 2.69 bits per heavy atom. The van der Waals surface area contributed by atoms with E-state index >= 15 is 0 Å². The smallest absolute Gasteiger partial charge is 0.126 e. The van der Waals surface area contributed by atoms with Crippen molar-refractivity contribution in [1.29, 1.82) is 5.41 Å². The number of nitrogens with one attached hydrogen (secondary N) is 1. The molecule has 4 heteroatoms. The van der Waals surface area contributed by atoms with Crippen molar-refractivity contribution in [2.45, 2.75) is 13.8 Å². The summed E-state index contributed by atoms with van der Waals surface area (Å²) in [5, 5.41) is 11.7. The molecule has 2 rings (SSSR count). The van der Waals surface area contributed by atoms with Crippen LogP contribution in [0.3, 0.4) is 0 Å². The predicted molar refractivity (Wildman–Crippen MR) is 64.1 cm³/mol. The van der Waals surface area contributed by atoms with Crippen molar-refractivity contribution in [3.63, 3.8) is 0 Å². The van der Waals surface area contributed by atoms with Crippen LogP contribution in [0.5, 0.6) is 0 Å². The van der Waals surface area contributed by atoms with Gasteiger partial charge < -0.3 is 5.73 Å². The van der Waals surface area contributed by atoms with Gasteiger partial charge in [0, 0.05) is 0 Å². The number of benzene rings is 1. The third-order valence-corrected chi connectivity index (χ3v) is 2.55. The number of hydrogen-bond donors (Lipinski definition) is 2. The zero-order valence-corrected chi connectivity index (χ0v) is 9.36. The zero-order valence-electron chi connectivity index (χ0n) is 9.36. The Bertz CT molecular complexity index is 540. The van der Waals surface area contributed by atoms with Gasteiger partial charge in [-0.2, -0.15) is 5.10 Å². The number of aromatic nitrogens is 2. The minimum absolute atomic E-state index is 0.0522. The Morgan fingerprint density at radius 2 is 2.12 bits per heavy atom. The standard InChI is InChI=1S/C12H14N4/c1-8-4-3-5-10(6-8)16-9(2)11(7-15-16)12(13)14/h3-7H,1-2H3,(H3,13,14). The van der Waals surface area contributed by atoms with Crippen molar-refractivity contribution in [2.24, 2.45) is 5.73 Å². The Morgan fingerprint density at radius 1 is 1.38 bits per heavy atom. The molecule has 0 bridgehead atoms. The van der Waals surface area contributed by atoms with Crippen molar-refractivity contribution < 1.29 is 0 Å². The van der Waals surface area contributed by atoms with Gasteiger partial charge >= 0.3 is 0 Å². The number of rotatable bonds is 2. The minimum Gasteiger partial charge on any atom is -0.384 e. The molecule has 4 nitrogen and oxygen atoms in total. The molecule has 0 saturated carbocycles. The first-order valence-electron chi connectivity index (χ1n) is 5.05. The predicted octanol–water partition coefficient (Wildman–Crippen LogP) is 1.77. The van der Waals surface area contributed by atoms with Crippen LogP contribution < -0.4 is 5.73 Å². The van der Waals surface area contributed by atoms with Gasteiger partial charge in [0.2, 0.25) is 0 Å². The average molecular weight is 214 g/mol. The lowest BCUT2D eigenvalue weighted by molar-refractivity contribution is 0.845. The second-order valence-electron chi connectivity index (χ2n) is 3.81. The fraction of sp³-hybridized carbons (Fsp3) is 0.167. The molecule has 2 aromatic rings. The van der Waals surface area contributed by atoms with Crippen LogP contribution in [-0.4, -0.2) is 15.6 Å². The van der Waals surface area contributed by atoms with E-state index in [0.29, 0.717) is 5.56 Å². The molecule has 0 amide bonds. The van der Waals surface area contributed by atoms with Gasteiger partial charge in [0.15, 0.2) is 0 Å². The Kier molecular flexibility index (Phi) is 2.48. The van der Waals surface area contributed by atoms with Gasteiger partial charge in [-0.15, -0.1) is 0 Å². The monoisotopic (exact) mass is 214 g/mol. The summed E-state index contributed by atoms with van der Waals surface area (Å²) in [5.74, 6) is 0.0522. The number of nitrogens with zero attached hydrogens (tertiary/aromatic N) is 2. The van der Waals surface area contributed by atoms with E-state index in [1.165, 1.54) is 5.56 Å². The first-order valence-corrected chi connectivity index (χ1v) is 5.05. The quantitative estimate of drug-likeness (QED) is 0.591. The number of aryl methyl sites for hydroxylation is 1. The summed E-state index contributed by atoms with van der Waals surface area (Å²) < 4.78 is 1.80. The molecule has 1 aromatic heterocycles. The molecule has 82 valence electrons. The topological polar surface area (TPSA) is 67.7 Å². The number of nitrogens with two attached hydrogens (primary N) is 1. The van der Waals surface area contributed by atoms with Crippen LogP contribution in [0.2, 0.25) is 0 Å². The summed E-state index contributed by atoms with van der Waals surface area (Å²) in [6.45, 7) is 3.94. The van der Waals surface area contributed by atoms with Gasteiger partial charge in [0.25, 0.3) is 0 Å². The maximum atomic E-state index is 7.42. The van der Waals surface area contributed by atoms with Crippen LogP contribution in [0.15, 0.2) is 30.5 Å². The molecule has 0 atom stereocenters. The van der Waals surface area contributed by atoms with Crippen LogP contribution in [0.4, 0.5) is 0 Å². The van der Waals surface area contributed by atoms with Gasteiger partial charge in [-0.25, -0.2) is 4.68 Å². The fourth-order valence-corrected chi connectivity index (χ4v) is 1.69. The SMILES string of the molecule is Cc1cccc(-n2ncc(C(=N)N)c2C)c1. The highest BCUT2D eigenvalue weighted by atomic mass is 15.3. The van der Waals surface area contributed by atoms with Gasteiger partial charge in [0.1, 0.15) is 5.84 Å². The molecule has 0 aliphatic heterocycles. The highest BCUT2D eigenvalue weighted by Gasteiger charge is 2.09. The largest absolute Gasteiger partial charge is 0.384 e. The van der Waals surface area contributed by atoms with Gasteiger partial charge in [0.05, 0.1) is 23.1 Å². The normalized spacial score (nSPS) is 10.4. The summed E-state index contributed by atoms with van der Waals surface area (Å²) in [4.78, 5) is 0. The van der Waals surface area contributed by atoms with Crippen molar-refractivity contribution in [2.75, 3.05) is 0 Å². The molecule has 0 unspecified atom stereocenters. The summed E-state index contributed by atoms with van der Waals surface area (Å²) in [7, 11) is 0. The van der Waals surface area contributed by atoms with Gasteiger partial charge in [-0.05, 0) is 31.5 Å². The molecule has 0 aliphatic carbocycles. The van der Waals surface area contributed by atoms with Crippen molar-refractivity contribution in [3.8, 4) is 5.69 Å². The van der Waals surface area contributed by atoms with E-state index in [2.05, 4.69) is 5.10 Å². The molecule has 1 heterocycles. The molecule has 0 aliphatic rings. The Balaban J connectivity index is 2.53. The number of amidine groups is 1. The van der Waals surface area contributed by atoms with Crippen LogP contribution in [-0.2, 0) is 0 Å². The van der Waals surface area contributed by atoms with E-state index in [4.69, 9.17) is 11.1 Å². The second kappa shape index (κ2) is 3.81. The van der Waals surface area contributed by atoms with Gasteiger partial charge in [-0.3, -0.25) is 5.41 Å². The van der Waals surface area contributed by atoms with Crippen molar-refractivity contribution in [3.05, 3.63) is 47.3 Å². The van der Waals surface area contributed by atoms with E-state index in [1.54, 1.807) is 10.9 Å². The highest BCUT2D eigenvalue weighted by molar-refractivity contribution is 5.95. The van der Waals surface area contributed by atoms with E-state index in [-0.39, 0.29) is 5.84 Å². The second-order valence-corrected chi connectivity index (χ2v) is 3.81. The van der Waals surface area contributed by atoms with Crippen LogP contribution in [0.25, 0.3) is 5.69 Å². The van der Waals surface area contributed by atoms with Gasteiger partial charge in [-0.1, -0.05) is 12.1 Å². The van der Waals surface area contributed by atoms with Crippen molar-refractivity contribution >= 4 is 5.84 Å². The summed E-state index contributed by atoms with van der Waals surface area (Å²) in [6, 6.07) is 8.05. The van der Waals surface area contributed by atoms with E-state index < -0.39 is 0 Å². The lowest BCUT2D eigenvalue weighted by atomic mass is 10.2. The van der Waals surface area contributed by atoms with E-state index in [1.807, 2.05) is 38.1 Å². The molecular formula is C12H14N4. The molecule has 0 spiro atoms. The summed E-state index contributed by atoms with van der Waals surface area (Å²) >= 11 is 0. The molecule has 0 saturated heterocycles. The molecule has 3 N–H and O–H groups in total. The maximum Gasteiger partial charge on any atom is 0.126 e. The lowest BCUT2D eigenvalue weighted by Crippen LogP contribution is -2.12. The zero-order chi connectivity index (χ0) is 11.7. The molecule has 1 aromatic carbocycles. The average Bonchev–Trinajstić information content (AvgIpc) is 2.60. The maximum absolute atomic E-state index is 7.42. The summed E-state index contributed by atoms with van der Waals surface area (Å²) in [6.07, 6.45) is 1.62. The third kappa shape index (κ3) is 1.69. The van der Waals surface area contributed by atoms with E-state index in [0.717, 1.165) is 11.4 Å². The summed E-state index contributed by atoms with van der Waals surface area (Å²) in [5.41, 5.74) is 9.20. The Labute approximate surface area is 94.2 Å². The third-order valence-electron chi connectivity index (χ3n) is 2.55. The first kappa shape index (κ1) is 10.4. The molecule has 16 heavy (non-hydrogen) atoms. The molecule has 0 radical (unpaired) electrons. The highest BCUT2D eigenvalue weighted by Crippen LogP contribution is 2.14. The molecular weight excluding hydrogens is 200 g/mol. The van der Waals surface area contributed by atoms with Crippen LogP contribution in [0.1, 0.15) is 16.8 Å². The molecule has 0 fully saturated rings. The minimum atomic E-state index is 0.0522. The van der Waals surface area contributed by atoms with Crippen molar-refractivity contribution in [1.82, 2.24) is 9.78 Å². The van der Waals surface area contributed by atoms with E-state index in [9.17, 15) is 0 Å². The first-order chi connectivity index (χ1) is 7.59.